The molecule has 36 heavy (non-hydrogen) atoms. The standard InChI is InChI=1S/C27H33N7O2/c1-17-20(16-28)6-5-7-21(17)18(2)31-26-23-15-25(29-4)24(14-22(23)19(3)32-33-26)27(35)30-8-9-34-10-12-36-13-11-34/h5-7,14-15,18,29H,8-13H2,1-4H3,(H,30,35)(H,31,33)/t18-/m1/s1. The van der Waals surface area contributed by atoms with E-state index >= 15 is 0 Å². The molecular weight excluding hydrogens is 454 g/mol. The first-order valence-corrected chi connectivity index (χ1v) is 12.3. The Kier molecular flexibility index (Phi) is 7.98. The number of hydrogen-bond acceptors (Lipinski definition) is 8. The lowest BCUT2D eigenvalue weighted by atomic mass is 9.98. The van der Waals surface area contributed by atoms with Crippen molar-refractivity contribution in [3.8, 4) is 6.07 Å². The van der Waals surface area contributed by atoms with Gasteiger partial charge in [-0.1, -0.05) is 12.1 Å². The number of morpholine rings is 1. The van der Waals surface area contributed by atoms with Gasteiger partial charge in [0.15, 0.2) is 5.82 Å². The molecular formula is C27H33N7O2. The predicted molar refractivity (Wildman–Crippen MR) is 141 cm³/mol. The van der Waals surface area contributed by atoms with Crippen LogP contribution < -0.4 is 16.0 Å². The topological polar surface area (TPSA) is 115 Å². The lowest BCUT2D eigenvalue weighted by Crippen LogP contribution is -2.41. The second-order valence-electron chi connectivity index (χ2n) is 9.03. The molecule has 2 aromatic carbocycles. The molecule has 1 aliphatic rings. The largest absolute Gasteiger partial charge is 0.387 e. The number of ether oxygens (including phenoxy) is 1. The SMILES string of the molecule is CNc1cc2c(N[C@H](C)c3cccc(C#N)c3C)nnc(C)c2cc1C(=O)NCCN1CCOCC1. The van der Waals surface area contributed by atoms with Crippen LogP contribution in [0.1, 0.15) is 45.7 Å². The van der Waals surface area contributed by atoms with Gasteiger partial charge in [0.1, 0.15) is 0 Å². The molecule has 1 saturated heterocycles. The highest BCUT2D eigenvalue weighted by Gasteiger charge is 2.19. The van der Waals surface area contributed by atoms with Crippen LogP contribution in [0.4, 0.5) is 11.5 Å². The second kappa shape index (κ2) is 11.3. The third-order valence-electron chi connectivity index (χ3n) is 6.75. The number of anilines is 2. The van der Waals surface area contributed by atoms with E-state index in [1.165, 1.54) is 0 Å². The van der Waals surface area contributed by atoms with Crippen molar-refractivity contribution in [2.75, 3.05) is 57.1 Å². The molecule has 1 atom stereocenters. The molecule has 188 valence electrons. The molecule has 1 amide bonds. The van der Waals surface area contributed by atoms with E-state index in [0.29, 0.717) is 23.5 Å². The summed E-state index contributed by atoms with van der Waals surface area (Å²) in [6.07, 6.45) is 0. The van der Waals surface area contributed by atoms with Crippen LogP contribution in [-0.2, 0) is 4.74 Å². The van der Waals surface area contributed by atoms with Crippen molar-refractivity contribution in [2.24, 2.45) is 0 Å². The highest BCUT2D eigenvalue weighted by molar-refractivity contribution is 6.06. The average Bonchev–Trinajstić information content (AvgIpc) is 2.90. The summed E-state index contributed by atoms with van der Waals surface area (Å²) >= 11 is 0. The van der Waals surface area contributed by atoms with Crippen LogP contribution in [-0.4, -0.2) is 67.4 Å². The number of nitriles is 1. The van der Waals surface area contributed by atoms with Crippen molar-refractivity contribution in [3.05, 3.63) is 58.3 Å². The van der Waals surface area contributed by atoms with Crippen LogP contribution in [0.5, 0.6) is 0 Å². The molecule has 0 bridgehead atoms. The zero-order valence-electron chi connectivity index (χ0n) is 21.3. The number of fused-ring (bicyclic) bond motifs is 1. The number of nitrogens with one attached hydrogen (secondary N) is 3. The van der Waals surface area contributed by atoms with Crippen LogP contribution >= 0.6 is 0 Å². The monoisotopic (exact) mass is 487 g/mol. The van der Waals surface area contributed by atoms with Crippen LogP contribution in [0.15, 0.2) is 30.3 Å². The van der Waals surface area contributed by atoms with Crippen molar-refractivity contribution in [1.29, 1.82) is 5.26 Å². The lowest BCUT2D eigenvalue weighted by Gasteiger charge is -2.26. The maximum Gasteiger partial charge on any atom is 0.253 e. The van der Waals surface area contributed by atoms with E-state index in [9.17, 15) is 10.1 Å². The van der Waals surface area contributed by atoms with Gasteiger partial charge in [-0.05, 0) is 50.1 Å². The summed E-state index contributed by atoms with van der Waals surface area (Å²) in [7, 11) is 1.81. The number of aryl methyl sites for hydroxylation is 1. The van der Waals surface area contributed by atoms with Gasteiger partial charge in [0.25, 0.3) is 5.91 Å². The molecule has 0 saturated carbocycles. The van der Waals surface area contributed by atoms with Crippen molar-refractivity contribution in [2.45, 2.75) is 26.8 Å². The Bertz CT molecular complexity index is 1300. The maximum atomic E-state index is 13.1. The number of benzene rings is 2. The Morgan fingerprint density at radius 1 is 1.19 bits per heavy atom. The summed E-state index contributed by atoms with van der Waals surface area (Å²) in [5.74, 6) is 0.498. The zero-order chi connectivity index (χ0) is 25.7. The maximum absolute atomic E-state index is 13.1. The Morgan fingerprint density at radius 3 is 2.69 bits per heavy atom. The highest BCUT2D eigenvalue weighted by atomic mass is 16.5. The van der Waals surface area contributed by atoms with E-state index < -0.39 is 0 Å². The normalized spacial score (nSPS) is 14.8. The fraction of sp³-hybridized carbons (Fsp3) is 0.407. The van der Waals surface area contributed by atoms with E-state index in [1.807, 2.05) is 51.1 Å². The first-order chi connectivity index (χ1) is 17.4. The highest BCUT2D eigenvalue weighted by Crippen LogP contribution is 2.32. The fourth-order valence-corrected chi connectivity index (χ4v) is 4.60. The van der Waals surface area contributed by atoms with Gasteiger partial charge in [0.05, 0.1) is 42.1 Å². The Labute approximate surface area is 211 Å². The second-order valence-corrected chi connectivity index (χ2v) is 9.03. The van der Waals surface area contributed by atoms with Crippen molar-refractivity contribution < 1.29 is 9.53 Å². The van der Waals surface area contributed by atoms with Gasteiger partial charge in [0.2, 0.25) is 0 Å². The van der Waals surface area contributed by atoms with Crippen molar-refractivity contribution >= 4 is 28.2 Å². The number of rotatable bonds is 8. The minimum Gasteiger partial charge on any atom is -0.387 e. The summed E-state index contributed by atoms with van der Waals surface area (Å²) in [4.78, 5) is 15.4. The molecule has 3 aromatic rings. The molecule has 0 unspecified atom stereocenters. The number of carbonyl (C=O) groups is 1. The molecule has 1 aliphatic heterocycles. The van der Waals surface area contributed by atoms with E-state index in [4.69, 9.17) is 4.74 Å². The average molecular weight is 488 g/mol. The van der Waals surface area contributed by atoms with Gasteiger partial charge in [0, 0.05) is 49.7 Å². The number of carbonyl (C=O) groups excluding carboxylic acids is 1. The van der Waals surface area contributed by atoms with Gasteiger partial charge in [-0.2, -0.15) is 10.4 Å². The summed E-state index contributed by atoms with van der Waals surface area (Å²) in [6.45, 7) is 10.5. The first kappa shape index (κ1) is 25.4. The number of aromatic nitrogens is 2. The van der Waals surface area contributed by atoms with Crippen molar-refractivity contribution in [1.82, 2.24) is 20.4 Å². The molecule has 4 rings (SSSR count). The Balaban J connectivity index is 1.59. The third kappa shape index (κ3) is 5.40. The Hall–Kier alpha value is -3.74. The van der Waals surface area contributed by atoms with E-state index in [2.05, 4.69) is 37.1 Å². The smallest absolute Gasteiger partial charge is 0.253 e. The number of amides is 1. The quantitative estimate of drug-likeness (QED) is 0.443. The molecule has 9 heteroatoms. The van der Waals surface area contributed by atoms with Crippen LogP contribution in [0.2, 0.25) is 0 Å². The van der Waals surface area contributed by atoms with Crippen LogP contribution in [0, 0.1) is 25.2 Å². The predicted octanol–water partition coefficient (Wildman–Crippen LogP) is 3.40. The van der Waals surface area contributed by atoms with E-state index in [0.717, 1.165) is 66.1 Å². The summed E-state index contributed by atoms with van der Waals surface area (Å²) < 4.78 is 5.39. The molecule has 1 fully saturated rings. The molecule has 0 radical (unpaired) electrons. The molecule has 1 aromatic heterocycles. The summed E-state index contributed by atoms with van der Waals surface area (Å²) in [5.41, 5.74) is 4.65. The van der Waals surface area contributed by atoms with E-state index in [-0.39, 0.29) is 11.9 Å². The minimum atomic E-state index is -0.127. The van der Waals surface area contributed by atoms with Gasteiger partial charge in [-0.3, -0.25) is 9.69 Å². The summed E-state index contributed by atoms with van der Waals surface area (Å²) in [5, 5.41) is 29.6. The van der Waals surface area contributed by atoms with Crippen molar-refractivity contribution in [3.63, 3.8) is 0 Å². The Morgan fingerprint density at radius 2 is 1.97 bits per heavy atom. The molecule has 2 heterocycles. The molecule has 3 N–H and O–H groups in total. The van der Waals surface area contributed by atoms with Crippen LogP contribution in [0.25, 0.3) is 10.8 Å². The minimum absolute atomic E-state index is 0.0975. The molecule has 0 spiro atoms. The third-order valence-corrected chi connectivity index (χ3v) is 6.75. The van der Waals surface area contributed by atoms with Crippen LogP contribution in [0.3, 0.4) is 0 Å². The molecule has 0 aliphatic carbocycles. The lowest BCUT2D eigenvalue weighted by molar-refractivity contribution is 0.0383. The summed E-state index contributed by atoms with van der Waals surface area (Å²) in [6, 6.07) is 11.7. The first-order valence-electron chi connectivity index (χ1n) is 12.3. The molecule has 9 nitrogen and oxygen atoms in total. The van der Waals surface area contributed by atoms with Gasteiger partial charge in [-0.15, -0.1) is 5.10 Å². The zero-order valence-corrected chi connectivity index (χ0v) is 21.3. The van der Waals surface area contributed by atoms with Gasteiger partial charge < -0.3 is 20.7 Å². The number of hydrogen-bond donors (Lipinski definition) is 3. The van der Waals surface area contributed by atoms with Gasteiger partial charge in [-0.25, -0.2) is 0 Å². The fourth-order valence-electron chi connectivity index (χ4n) is 4.60. The van der Waals surface area contributed by atoms with Gasteiger partial charge >= 0.3 is 0 Å². The van der Waals surface area contributed by atoms with E-state index in [1.54, 1.807) is 7.05 Å². The number of nitrogens with zero attached hydrogens (tertiary/aromatic N) is 4.